The van der Waals surface area contributed by atoms with E-state index in [-0.39, 0.29) is 0 Å². The average Bonchev–Trinajstić information content (AvgIpc) is 2.41. The third kappa shape index (κ3) is 3.69. The first-order valence-corrected chi connectivity index (χ1v) is 7.75. The molecule has 0 spiro atoms. The van der Waals surface area contributed by atoms with Gasteiger partial charge < -0.3 is 10.1 Å². The summed E-state index contributed by atoms with van der Waals surface area (Å²) in [6, 6.07) is 1.35. The summed E-state index contributed by atoms with van der Waals surface area (Å²) in [4.78, 5) is 2.69. The molecule has 2 aliphatic rings. The Balaban J connectivity index is 1.84. The molecule has 4 unspecified atom stereocenters. The summed E-state index contributed by atoms with van der Waals surface area (Å²) in [5.41, 5.74) is 0. The van der Waals surface area contributed by atoms with E-state index < -0.39 is 0 Å². The first-order chi connectivity index (χ1) is 8.70. The minimum Gasteiger partial charge on any atom is -0.381 e. The van der Waals surface area contributed by atoms with Crippen molar-refractivity contribution in [3.63, 3.8) is 0 Å². The minimum atomic E-state index is 0.673. The topological polar surface area (TPSA) is 24.5 Å². The fourth-order valence-corrected chi connectivity index (χ4v) is 3.15. The summed E-state index contributed by atoms with van der Waals surface area (Å²) in [5.74, 6) is 1.54. The van der Waals surface area contributed by atoms with Crippen LogP contribution in [-0.4, -0.2) is 49.8 Å². The zero-order valence-electron chi connectivity index (χ0n) is 12.3. The van der Waals surface area contributed by atoms with Crippen LogP contribution in [0, 0.1) is 11.8 Å². The largest absolute Gasteiger partial charge is 0.381 e. The molecular weight excluding hydrogens is 224 g/mol. The van der Waals surface area contributed by atoms with Gasteiger partial charge >= 0.3 is 0 Å². The van der Waals surface area contributed by atoms with Crippen LogP contribution in [-0.2, 0) is 4.74 Å². The van der Waals surface area contributed by atoms with Crippen LogP contribution in [0.2, 0.25) is 0 Å². The summed E-state index contributed by atoms with van der Waals surface area (Å²) >= 11 is 0. The van der Waals surface area contributed by atoms with E-state index in [1.54, 1.807) is 0 Å². The van der Waals surface area contributed by atoms with Gasteiger partial charge in [-0.1, -0.05) is 20.3 Å². The van der Waals surface area contributed by atoms with Crippen molar-refractivity contribution in [3.05, 3.63) is 0 Å². The Bertz CT molecular complexity index is 239. The number of piperazine rings is 1. The van der Waals surface area contributed by atoms with Crippen LogP contribution in [0.15, 0.2) is 0 Å². The van der Waals surface area contributed by atoms with Gasteiger partial charge in [0.15, 0.2) is 0 Å². The van der Waals surface area contributed by atoms with Gasteiger partial charge in [-0.3, -0.25) is 4.90 Å². The molecule has 0 aromatic carbocycles. The predicted molar refractivity (Wildman–Crippen MR) is 75.8 cm³/mol. The monoisotopic (exact) mass is 254 g/mol. The van der Waals surface area contributed by atoms with Crippen LogP contribution >= 0.6 is 0 Å². The molecule has 4 atom stereocenters. The second-order valence-electron chi connectivity index (χ2n) is 6.29. The van der Waals surface area contributed by atoms with Crippen LogP contribution in [0.1, 0.15) is 40.0 Å². The highest BCUT2D eigenvalue weighted by molar-refractivity contribution is 4.87. The predicted octanol–water partition coefficient (Wildman–Crippen LogP) is 2.12. The van der Waals surface area contributed by atoms with Gasteiger partial charge in [-0.25, -0.2) is 0 Å². The van der Waals surface area contributed by atoms with E-state index in [0.717, 1.165) is 31.6 Å². The highest BCUT2D eigenvalue weighted by Gasteiger charge is 2.29. The highest BCUT2D eigenvalue weighted by Crippen LogP contribution is 2.20. The van der Waals surface area contributed by atoms with Crippen molar-refractivity contribution in [2.24, 2.45) is 11.8 Å². The molecular formula is C15H30N2O. The molecule has 18 heavy (non-hydrogen) atoms. The van der Waals surface area contributed by atoms with Gasteiger partial charge in [-0.2, -0.15) is 0 Å². The van der Waals surface area contributed by atoms with E-state index in [4.69, 9.17) is 4.74 Å². The fraction of sp³-hybridized carbons (Fsp3) is 1.00. The maximum absolute atomic E-state index is 5.61. The van der Waals surface area contributed by atoms with E-state index in [2.05, 4.69) is 31.0 Å². The molecule has 2 aliphatic heterocycles. The third-order valence-electron chi connectivity index (χ3n) is 4.81. The van der Waals surface area contributed by atoms with E-state index in [9.17, 15) is 0 Å². The molecule has 0 radical (unpaired) electrons. The van der Waals surface area contributed by atoms with Crippen LogP contribution in [0.4, 0.5) is 0 Å². The van der Waals surface area contributed by atoms with Crippen LogP contribution in [0.25, 0.3) is 0 Å². The van der Waals surface area contributed by atoms with E-state index in [1.807, 2.05) is 0 Å². The molecule has 0 amide bonds. The number of ether oxygens (including phenoxy) is 1. The molecule has 0 saturated carbocycles. The summed E-state index contributed by atoms with van der Waals surface area (Å²) in [7, 11) is 0. The number of rotatable bonds is 4. The molecule has 2 heterocycles. The second kappa shape index (κ2) is 6.88. The third-order valence-corrected chi connectivity index (χ3v) is 4.81. The second-order valence-corrected chi connectivity index (χ2v) is 6.29. The number of nitrogens with zero attached hydrogens (tertiary/aromatic N) is 1. The molecule has 0 aromatic heterocycles. The average molecular weight is 254 g/mol. The molecule has 3 heteroatoms. The van der Waals surface area contributed by atoms with Gasteiger partial charge in [0.05, 0.1) is 6.61 Å². The van der Waals surface area contributed by atoms with Gasteiger partial charge in [0.25, 0.3) is 0 Å². The van der Waals surface area contributed by atoms with Crippen molar-refractivity contribution in [3.8, 4) is 0 Å². The first kappa shape index (κ1) is 14.3. The number of hydrogen-bond acceptors (Lipinski definition) is 3. The summed E-state index contributed by atoms with van der Waals surface area (Å²) < 4.78 is 5.61. The van der Waals surface area contributed by atoms with E-state index in [0.29, 0.717) is 12.1 Å². The lowest BCUT2D eigenvalue weighted by atomic mass is 9.94. The van der Waals surface area contributed by atoms with Crippen molar-refractivity contribution in [2.45, 2.75) is 52.1 Å². The Morgan fingerprint density at radius 3 is 2.94 bits per heavy atom. The zero-order chi connectivity index (χ0) is 13.0. The lowest BCUT2D eigenvalue weighted by molar-refractivity contribution is 0.0209. The molecule has 1 N–H and O–H groups in total. The molecule has 3 nitrogen and oxygen atoms in total. The lowest BCUT2D eigenvalue weighted by Gasteiger charge is -2.42. The van der Waals surface area contributed by atoms with Crippen molar-refractivity contribution < 1.29 is 4.74 Å². The highest BCUT2D eigenvalue weighted by atomic mass is 16.5. The Labute approximate surface area is 112 Å². The maximum Gasteiger partial charge on any atom is 0.0506 e. The molecule has 2 fully saturated rings. The Morgan fingerprint density at radius 1 is 1.44 bits per heavy atom. The van der Waals surface area contributed by atoms with Crippen molar-refractivity contribution in [1.82, 2.24) is 10.2 Å². The van der Waals surface area contributed by atoms with Gasteiger partial charge in [0.1, 0.15) is 0 Å². The van der Waals surface area contributed by atoms with Crippen molar-refractivity contribution in [1.29, 1.82) is 0 Å². The van der Waals surface area contributed by atoms with Gasteiger partial charge in [-0.05, 0) is 31.6 Å². The Hall–Kier alpha value is -0.120. The normalized spacial score (nSPS) is 36.5. The molecule has 0 aromatic rings. The Morgan fingerprint density at radius 2 is 2.28 bits per heavy atom. The molecule has 0 bridgehead atoms. The Kier molecular flexibility index (Phi) is 5.46. The quantitative estimate of drug-likeness (QED) is 0.832. The molecule has 106 valence electrons. The molecule has 2 rings (SSSR count). The smallest absolute Gasteiger partial charge is 0.0506 e. The summed E-state index contributed by atoms with van der Waals surface area (Å²) in [5, 5.41) is 3.71. The minimum absolute atomic E-state index is 0.673. The standard InChI is InChI=1S/C15H30N2O/c1-4-12(2)15-10-17(13(3)8-16-15)9-14-6-5-7-18-11-14/h12-16H,4-11H2,1-3H3. The van der Waals surface area contributed by atoms with Crippen LogP contribution in [0.3, 0.4) is 0 Å². The SMILES string of the molecule is CCC(C)C1CN(CC2CCCOC2)C(C)CN1. The lowest BCUT2D eigenvalue weighted by Crippen LogP contribution is -2.58. The summed E-state index contributed by atoms with van der Waals surface area (Å²) in [6.45, 7) is 12.6. The first-order valence-electron chi connectivity index (χ1n) is 7.75. The van der Waals surface area contributed by atoms with Crippen LogP contribution in [0.5, 0.6) is 0 Å². The zero-order valence-corrected chi connectivity index (χ0v) is 12.3. The van der Waals surface area contributed by atoms with Crippen molar-refractivity contribution in [2.75, 3.05) is 32.8 Å². The maximum atomic E-state index is 5.61. The van der Waals surface area contributed by atoms with Gasteiger partial charge in [-0.15, -0.1) is 0 Å². The summed E-state index contributed by atoms with van der Waals surface area (Å²) in [6.07, 6.45) is 3.87. The number of hydrogen-bond donors (Lipinski definition) is 1. The van der Waals surface area contributed by atoms with Gasteiger partial charge in [0.2, 0.25) is 0 Å². The fourth-order valence-electron chi connectivity index (χ4n) is 3.15. The van der Waals surface area contributed by atoms with Gasteiger partial charge in [0, 0.05) is 38.3 Å². The van der Waals surface area contributed by atoms with E-state index >= 15 is 0 Å². The number of nitrogens with one attached hydrogen (secondary N) is 1. The molecule has 2 saturated heterocycles. The van der Waals surface area contributed by atoms with Crippen LogP contribution < -0.4 is 5.32 Å². The van der Waals surface area contributed by atoms with Crippen molar-refractivity contribution >= 4 is 0 Å². The van der Waals surface area contributed by atoms with E-state index in [1.165, 1.54) is 32.4 Å². The molecule has 0 aliphatic carbocycles.